The molecule has 2 aromatic rings. The molecule has 2 aromatic carbocycles. The summed E-state index contributed by atoms with van der Waals surface area (Å²) in [5, 5.41) is 14.3. The van der Waals surface area contributed by atoms with E-state index < -0.39 is 22.0 Å². The van der Waals surface area contributed by atoms with Gasteiger partial charge >= 0.3 is 0 Å². The summed E-state index contributed by atoms with van der Waals surface area (Å²) in [5.74, 6) is -0.221. The third kappa shape index (κ3) is 3.93. The summed E-state index contributed by atoms with van der Waals surface area (Å²) in [6.45, 7) is 0. The summed E-state index contributed by atoms with van der Waals surface area (Å²) in [7, 11) is 0.531. The fourth-order valence-corrected chi connectivity index (χ4v) is 5.32. The van der Waals surface area contributed by atoms with Crippen LogP contribution in [0.15, 0.2) is 60.7 Å². The number of hydrogen-bond acceptors (Lipinski definition) is 5. The molecule has 1 aliphatic rings. The normalized spacial score (nSPS) is 22.8. The molecule has 3 rings (SSSR count). The molecule has 2 atom stereocenters. The van der Waals surface area contributed by atoms with Crippen LogP contribution in [0, 0.1) is 0 Å². The molecule has 0 radical (unpaired) electrons. The number of hydrogen-bond donors (Lipinski definition) is 1. The van der Waals surface area contributed by atoms with Crippen molar-refractivity contribution in [3.63, 3.8) is 0 Å². The molecule has 6 heteroatoms. The van der Waals surface area contributed by atoms with Crippen LogP contribution < -0.4 is 0 Å². The minimum absolute atomic E-state index is 0.0392. The summed E-state index contributed by atoms with van der Waals surface area (Å²) in [5.41, 5.74) is 2.11. The summed E-state index contributed by atoms with van der Waals surface area (Å²) in [6, 6.07) is 19.3. The number of aliphatic hydroxyl groups is 1. The van der Waals surface area contributed by atoms with Crippen LogP contribution in [0.2, 0.25) is 0 Å². The van der Waals surface area contributed by atoms with Crippen molar-refractivity contribution in [1.29, 1.82) is 0 Å². The second-order valence-corrected chi connectivity index (χ2v) is 8.82. The molecule has 0 unspecified atom stereocenters. The Bertz CT molecular complexity index is 754. The van der Waals surface area contributed by atoms with E-state index in [1.807, 2.05) is 84.8 Å². The lowest BCUT2D eigenvalue weighted by Gasteiger charge is -2.41. The van der Waals surface area contributed by atoms with E-state index in [1.54, 1.807) is 0 Å². The third-order valence-corrected chi connectivity index (χ3v) is 6.29. The Labute approximate surface area is 149 Å². The zero-order valence-corrected chi connectivity index (χ0v) is 15.3. The number of aliphatic hydroxyl groups excluding tert-OH is 1. The van der Waals surface area contributed by atoms with Crippen molar-refractivity contribution < 1.29 is 13.5 Å². The molecule has 1 aliphatic heterocycles. The Hall–Kier alpha value is -1.73. The molecule has 0 bridgehead atoms. The third-order valence-electron chi connectivity index (χ3n) is 4.59. The number of benzene rings is 2. The van der Waals surface area contributed by atoms with Crippen molar-refractivity contribution in [2.24, 2.45) is 0 Å². The molecule has 1 N–H and O–H groups in total. The standard InChI is InChI=1S/C19H24N2O3S/c1-20(2)21(17-13-25(23,24)14-18(17)22)19(15-9-5-3-6-10-15)16-11-7-4-8-12-16/h3-12,17-19,22H,13-14H2,1-2H3/t17-,18+/m1/s1. The van der Waals surface area contributed by atoms with E-state index in [-0.39, 0.29) is 17.5 Å². The molecular formula is C19H24N2O3S. The predicted molar refractivity (Wildman–Crippen MR) is 98.7 cm³/mol. The van der Waals surface area contributed by atoms with Crippen molar-refractivity contribution in [2.45, 2.75) is 18.2 Å². The van der Waals surface area contributed by atoms with Crippen LogP contribution in [-0.2, 0) is 9.84 Å². The maximum absolute atomic E-state index is 12.1. The Morgan fingerprint density at radius 1 is 0.920 bits per heavy atom. The van der Waals surface area contributed by atoms with Gasteiger partial charge in [-0.1, -0.05) is 60.7 Å². The molecule has 0 saturated carbocycles. The molecular weight excluding hydrogens is 336 g/mol. The molecule has 1 fully saturated rings. The minimum Gasteiger partial charge on any atom is -0.390 e. The van der Waals surface area contributed by atoms with Gasteiger partial charge in [0.05, 0.1) is 29.7 Å². The fraction of sp³-hybridized carbons (Fsp3) is 0.368. The van der Waals surface area contributed by atoms with Crippen molar-refractivity contribution >= 4 is 9.84 Å². The number of sulfone groups is 1. The first kappa shape index (κ1) is 18.1. The lowest BCUT2D eigenvalue weighted by Crippen LogP contribution is -2.52. The Morgan fingerprint density at radius 3 is 1.76 bits per heavy atom. The van der Waals surface area contributed by atoms with Crippen LogP contribution in [0.3, 0.4) is 0 Å². The highest BCUT2D eigenvalue weighted by Gasteiger charge is 2.44. The summed E-state index contributed by atoms with van der Waals surface area (Å²) >= 11 is 0. The zero-order valence-electron chi connectivity index (χ0n) is 14.5. The first-order valence-corrected chi connectivity index (χ1v) is 10.1. The number of rotatable bonds is 5. The lowest BCUT2D eigenvalue weighted by atomic mass is 9.96. The highest BCUT2D eigenvalue weighted by Crippen LogP contribution is 2.34. The van der Waals surface area contributed by atoms with Crippen LogP contribution in [0.5, 0.6) is 0 Å². The smallest absolute Gasteiger partial charge is 0.154 e. The van der Waals surface area contributed by atoms with E-state index in [4.69, 9.17) is 0 Å². The monoisotopic (exact) mass is 360 g/mol. The number of hydrazine groups is 1. The highest BCUT2D eigenvalue weighted by atomic mass is 32.2. The Balaban J connectivity index is 2.09. The van der Waals surface area contributed by atoms with Gasteiger partial charge < -0.3 is 5.11 Å². The minimum atomic E-state index is -3.24. The van der Waals surface area contributed by atoms with E-state index >= 15 is 0 Å². The van der Waals surface area contributed by atoms with Gasteiger partial charge in [-0.2, -0.15) is 0 Å². The van der Waals surface area contributed by atoms with E-state index in [0.717, 1.165) is 11.1 Å². The van der Waals surface area contributed by atoms with Gasteiger partial charge in [0, 0.05) is 14.1 Å². The molecule has 25 heavy (non-hydrogen) atoms. The Morgan fingerprint density at radius 2 is 1.40 bits per heavy atom. The average Bonchev–Trinajstić information content (AvgIpc) is 2.86. The van der Waals surface area contributed by atoms with Gasteiger partial charge in [0.2, 0.25) is 0 Å². The van der Waals surface area contributed by atoms with Crippen molar-refractivity contribution in [2.75, 3.05) is 25.6 Å². The van der Waals surface area contributed by atoms with Gasteiger partial charge in [0.25, 0.3) is 0 Å². The highest BCUT2D eigenvalue weighted by molar-refractivity contribution is 7.91. The average molecular weight is 360 g/mol. The van der Waals surface area contributed by atoms with E-state index in [2.05, 4.69) is 0 Å². The lowest BCUT2D eigenvalue weighted by molar-refractivity contribution is -0.0722. The molecule has 0 amide bonds. The first-order valence-electron chi connectivity index (χ1n) is 8.33. The predicted octanol–water partition coefficient (Wildman–Crippen LogP) is 1.71. The summed E-state index contributed by atoms with van der Waals surface area (Å²) < 4.78 is 24.1. The van der Waals surface area contributed by atoms with Crippen LogP contribution in [0.1, 0.15) is 17.2 Å². The fourth-order valence-electron chi connectivity index (χ4n) is 3.55. The van der Waals surface area contributed by atoms with Gasteiger partial charge in [-0.25, -0.2) is 18.4 Å². The molecule has 0 spiro atoms. The van der Waals surface area contributed by atoms with Crippen molar-refractivity contribution in [3.8, 4) is 0 Å². The van der Waals surface area contributed by atoms with Crippen molar-refractivity contribution in [3.05, 3.63) is 71.8 Å². The van der Waals surface area contributed by atoms with E-state index in [0.29, 0.717) is 0 Å². The first-order chi connectivity index (χ1) is 11.9. The molecule has 1 saturated heterocycles. The SMILES string of the molecule is CN(C)N(C(c1ccccc1)c1ccccc1)[C@@H]1CS(=O)(=O)C[C@@H]1O. The van der Waals surface area contributed by atoms with Gasteiger partial charge in [0.15, 0.2) is 9.84 Å². The second-order valence-electron chi connectivity index (χ2n) is 6.66. The molecule has 5 nitrogen and oxygen atoms in total. The van der Waals surface area contributed by atoms with Gasteiger partial charge in [-0.05, 0) is 11.1 Å². The van der Waals surface area contributed by atoms with Gasteiger partial charge in [-0.3, -0.25) is 0 Å². The molecule has 134 valence electrons. The second kappa shape index (κ2) is 7.25. The van der Waals surface area contributed by atoms with Crippen LogP contribution in [0.25, 0.3) is 0 Å². The molecule has 1 heterocycles. The summed E-state index contributed by atoms with van der Waals surface area (Å²) in [4.78, 5) is 0. The van der Waals surface area contributed by atoms with Crippen LogP contribution >= 0.6 is 0 Å². The van der Waals surface area contributed by atoms with Gasteiger partial charge in [-0.15, -0.1) is 0 Å². The van der Waals surface area contributed by atoms with Crippen LogP contribution in [0.4, 0.5) is 0 Å². The molecule has 0 aromatic heterocycles. The van der Waals surface area contributed by atoms with Gasteiger partial charge in [0.1, 0.15) is 0 Å². The van der Waals surface area contributed by atoms with E-state index in [1.165, 1.54) is 0 Å². The van der Waals surface area contributed by atoms with Crippen LogP contribution in [-0.4, -0.2) is 61.3 Å². The maximum Gasteiger partial charge on any atom is 0.154 e. The Kier molecular flexibility index (Phi) is 5.24. The quantitative estimate of drug-likeness (QED) is 0.823. The maximum atomic E-state index is 12.1. The zero-order chi connectivity index (χ0) is 18.0. The molecule has 0 aliphatic carbocycles. The topological polar surface area (TPSA) is 60.9 Å². The number of nitrogens with zero attached hydrogens (tertiary/aromatic N) is 2. The summed E-state index contributed by atoms with van der Waals surface area (Å²) in [6.07, 6.45) is -0.901. The largest absolute Gasteiger partial charge is 0.390 e. The van der Waals surface area contributed by atoms with Crippen molar-refractivity contribution in [1.82, 2.24) is 10.0 Å². The van der Waals surface area contributed by atoms with E-state index in [9.17, 15) is 13.5 Å².